The zero-order valence-corrected chi connectivity index (χ0v) is 24.8. The van der Waals surface area contributed by atoms with E-state index < -0.39 is 41.9 Å². The number of aliphatic hydroxyl groups is 1. The van der Waals surface area contributed by atoms with E-state index in [1.54, 1.807) is 12.1 Å². The lowest BCUT2D eigenvalue weighted by Gasteiger charge is -2.43. The molecule has 1 amide bonds. The number of aromatic nitrogens is 1. The first-order valence-electron chi connectivity index (χ1n) is 13.9. The van der Waals surface area contributed by atoms with Crippen molar-refractivity contribution in [2.24, 2.45) is 0 Å². The number of carboxylic acids is 3. The summed E-state index contributed by atoms with van der Waals surface area (Å²) in [4.78, 5) is 51.7. The van der Waals surface area contributed by atoms with Crippen molar-refractivity contribution in [3.63, 3.8) is 0 Å². The average molecular weight is 613 g/mol. The molecule has 1 aliphatic heterocycles. The fraction of sp³-hybridized carbons (Fsp3) is 0.387. The highest BCUT2D eigenvalue weighted by molar-refractivity contribution is 5.88. The predicted octanol–water partition coefficient (Wildman–Crippen LogP) is 2.82. The molecule has 236 valence electrons. The Labute approximate surface area is 253 Å². The molecule has 44 heavy (non-hydrogen) atoms. The van der Waals surface area contributed by atoms with Gasteiger partial charge in [0.25, 0.3) is 0 Å². The summed E-state index contributed by atoms with van der Waals surface area (Å²) in [6.07, 6.45) is -0.971. The molecule has 0 aliphatic carbocycles. The Morgan fingerprint density at radius 1 is 0.977 bits per heavy atom. The van der Waals surface area contributed by atoms with Gasteiger partial charge in [0.15, 0.2) is 5.60 Å². The van der Waals surface area contributed by atoms with Crippen molar-refractivity contribution < 1.29 is 44.0 Å². The normalized spacial score (nSPS) is 14.7. The van der Waals surface area contributed by atoms with Crippen molar-refractivity contribution >= 4 is 40.5 Å². The summed E-state index contributed by atoms with van der Waals surface area (Å²) < 4.78 is 14.6. The van der Waals surface area contributed by atoms with E-state index in [0.717, 1.165) is 36.4 Å². The number of piperidine rings is 1. The minimum atomic E-state index is -2.74. The molecule has 0 saturated carbocycles. The lowest BCUT2D eigenvalue weighted by atomic mass is 9.80. The Balaban J connectivity index is 0.000000345. The van der Waals surface area contributed by atoms with Crippen molar-refractivity contribution in [2.45, 2.75) is 50.3 Å². The number of para-hydroxylation sites is 1. The topological polar surface area (TPSA) is 181 Å². The number of benzene rings is 2. The van der Waals surface area contributed by atoms with Crippen LogP contribution >= 0.6 is 0 Å². The van der Waals surface area contributed by atoms with Gasteiger partial charge in [-0.15, -0.1) is 0 Å². The number of amides is 1. The molecule has 0 spiro atoms. The molecular weight excluding hydrogens is 575 g/mol. The third-order valence-electron chi connectivity index (χ3n) is 7.40. The van der Waals surface area contributed by atoms with Gasteiger partial charge in [-0.2, -0.15) is 0 Å². The molecule has 0 atom stereocenters. The number of anilines is 1. The monoisotopic (exact) mass is 612 g/mol. The van der Waals surface area contributed by atoms with Gasteiger partial charge in [0, 0.05) is 57.2 Å². The molecule has 1 aliphatic rings. The summed E-state index contributed by atoms with van der Waals surface area (Å²) in [5.41, 5.74) is -0.678. The Morgan fingerprint density at radius 3 is 2.07 bits per heavy atom. The summed E-state index contributed by atoms with van der Waals surface area (Å²) in [6, 6.07) is 17.1. The molecule has 0 bridgehead atoms. The first-order valence-corrected chi connectivity index (χ1v) is 13.9. The van der Waals surface area contributed by atoms with Crippen LogP contribution in [0.2, 0.25) is 0 Å². The Bertz CT molecular complexity index is 1510. The van der Waals surface area contributed by atoms with E-state index >= 15 is 0 Å². The molecule has 4 rings (SSSR count). The molecule has 5 N–H and O–H groups in total. The summed E-state index contributed by atoms with van der Waals surface area (Å²) in [6.45, 7) is 3.78. The number of halogens is 1. The molecule has 2 aromatic carbocycles. The number of carbonyl (C=O) groups is 4. The van der Waals surface area contributed by atoms with Crippen LogP contribution in [0.25, 0.3) is 10.9 Å². The zero-order valence-electron chi connectivity index (χ0n) is 24.8. The number of nitrogens with zero attached hydrogens (tertiary/aromatic N) is 3. The molecule has 1 fully saturated rings. The molecule has 13 heteroatoms. The molecule has 3 aromatic rings. The maximum atomic E-state index is 14.6. The average Bonchev–Trinajstić information content (AvgIpc) is 2.93. The zero-order chi connectivity index (χ0) is 32.7. The smallest absolute Gasteiger partial charge is 0.336 e. The molecule has 1 saturated heterocycles. The molecule has 0 radical (unpaired) electrons. The molecular formula is C31H37FN4O8. The van der Waals surface area contributed by atoms with Gasteiger partial charge in [-0.05, 0) is 31.0 Å². The third-order valence-corrected chi connectivity index (χ3v) is 7.40. The van der Waals surface area contributed by atoms with E-state index in [0.29, 0.717) is 18.4 Å². The third kappa shape index (κ3) is 8.48. The number of nitrogens with one attached hydrogen (secondary N) is 1. The lowest BCUT2D eigenvalue weighted by Crippen LogP contribution is -2.52. The minimum absolute atomic E-state index is 0.134. The highest BCUT2D eigenvalue weighted by Gasteiger charge is 2.41. The Hall–Kier alpha value is -4.62. The number of hydrogen-bond donors (Lipinski definition) is 5. The fourth-order valence-corrected chi connectivity index (χ4v) is 5.35. The first-order chi connectivity index (χ1) is 20.7. The number of carbonyl (C=O) groups excluding carboxylic acids is 1. The molecule has 2 heterocycles. The maximum Gasteiger partial charge on any atom is 0.336 e. The summed E-state index contributed by atoms with van der Waals surface area (Å²) in [5.74, 6) is -4.45. The van der Waals surface area contributed by atoms with Crippen LogP contribution < -0.4 is 10.2 Å². The molecule has 1 aromatic heterocycles. The van der Waals surface area contributed by atoms with Gasteiger partial charge in [-0.3, -0.25) is 19.3 Å². The number of hydrogen-bond acceptors (Lipinski definition) is 8. The fourth-order valence-electron chi connectivity index (χ4n) is 5.35. The van der Waals surface area contributed by atoms with Gasteiger partial charge in [0.2, 0.25) is 5.91 Å². The first kappa shape index (κ1) is 33.9. The van der Waals surface area contributed by atoms with Crippen LogP contribution in [-0.4, -0.2) is 86.9 Å². The quantitative estimate of drug-likeness (QED) is 0.227. The second kappa shape index (κ2) is 14.2. The molecule has 0 unspecified atom stereocenters. The second-order valence-corrected chi connectivity index (χ2v) is 11.1. The van der Waals surface area contributed by atoms with Crippen molar-refractivity contribution in [3.05, 3.63) is 71.5 Å². The van der Waals surface area contributed by atoms with Crippen LogP contribution in [-0.2, 0) is 31.3 Å². The van der Waals surface area contributed by atoms with Crippen LogP contribution in [0.15, 0.2) is 54.6 Å². The summed E-state index contributed by atoms with van der Waals surface area (Å²) >= 11 is 0. The largest absolute Gasteiger partial charge is 0.481 e. The van der Waals surface area contributed by atoms with Gasteiger partial charge in [0.05, 0.1) is 23.9 Å². The summed E-state index contributed by atoms with van der Waals surface area (Å²) in [7, 11) is 4.02. The van der Waals surface area contributed by atoms with Crippen molar-refractivity contribution in [3.8, 4) is 0 Å². The highest BCUT2D eigenvalue weighted by Crippen LogP contribution is 2.35. The minimum Gasteiger partial charge on any atom is -0.481 e. The van der Waals surface area contributed by atoms with Crippen molar-refractivity contribution in [2.75, 3.05) is 32.1 Å². The van der Waals surface area contributed by atoms with E-state index in [1.807, 2.05) is 43.3 Å². The van der Waals surface area contributed by atoms with Crippen LogP contribution in [0.3, 0.4) is 0 Å². The van der Waals surface area contributed by atoms with Crippen LogP contribution in [0.5, 0.6) is 0 Å². The van der Waals surface area contributed by atoms with Gasteiger partial charge in [-0.1, -0.05) is 36.4 Å². The van der Waals surface area contributed by atoms with Crippen LogP contribution in [0.4, 0.5) is 10.2 Å². The van der Waals surface area contributed by atoms with Crippen molar-refractivity contribution in [1.29, 1.82) is 0 Å². The van der Waals surface area contributed by atoms with Gasteiger partial charge < -0.3 is 30.6 Å². The Morgan fingerprint density at radius 2 is 1.55 bits per heavy atom. The van der Waals surface area contributed by atoms with E-state index in [-0.39, 0.29) is 11.7 Å². The second-order valence-electron chi connectivity index (χ2n) is 11.1. The Kier molecular flexibility index (Phi) is 11.0. The number of rotatable bonds is 10. The summed E-state index contributed by atoms with van der Waals surface area (Å²) in [5, 5.41) is 38.0. The van der Waals surface area contributed by atoms with Crippen LogP contribution in [0, 0.1) is 5.82 Å². The van der Waals surface area contributed by atoms with Gasteiger partial charge in [-0.25, -0.2) is 14.2 Å². The number of likely N-dealkylation sites (tertiary alicyclic amines) is 1. The van der Waals surface area contributed by atoms with Crippen molar-refractivity contribution in [1.82, 2.24) is 15.2 Å². The van der Waals surface area contributed by atoms with E-state index in [4.69, 9.17) is 25.4 Å². The maximum absolute atomic E-state index is 14.6. The van der Waals surface area contributed by atoms with E-state index in [2.05, 4.69) is 22.3 Å². The number of carboxylic acid groups (broad SMARTS) is 3. The number of fused-ring (bicyclic) bond motifs is 1. The van der Waals surface area contributed by atoms with Crippen LogP contribution in [0.1, 0.15) is 43.7 Å². The van der Waals surface area contributed by atoms with E-state index in [9.17, 15) is 23.6 Å². The van der Waals surface area contributed by atoms with Gasteiger partial charge >= 0.3 is 17.9 Å². The number of aliphatic carboxylic acids is 3. The predicted molar refractivity (Wildman–Crippen MR) is 160 cm³/mol. The standard InChI is InChI=1S/C25H29FN4O.C6H8O7/c1-18(31)28-25(21-9-5-6-10-22(21)26)12-14-30(15-13-25)17-20-16-19-8-4-7-11-23(19)27-24(20)29(2)3;7-3(8)1-6(13,5(11)12)2-4(9)10/h4-11,16H,12-15,17H2,1-3H3,(H,28,31);13H,1-2H2,(H,7,8)(H,9,10)(H,11,12). The number of pyridine rings is 1. The van der Waals surface area contributed by atoms with E-state index in [1.165, 1.54) is 18.6 Å². The molecule has 12 nitrogen and oxygen atoms in total. The highest BCUT2D eigenvalue weighted by atomic mass is 19.1. The van der Waals surface area contributed by atoms with Gasteiger partial charge in [0.1, 0.15) is 11.6 Å². The SMILES string of the molecule is CC(=O)NC1(c2ccccc2F)CCN(Cc2cc3ccccc3nc2N(C)C)CC1.O=C(O)CC(O)(CC(=O)O)C(=O)O. The lowest BCUT2D eigenvalue weighted by molar-refractivity contribution is -0.170.